The van der Waals surface area contributed by atoms with E-state index < -0.39 is 0 Å². The standard InChI is InChI=1S/C13H24N4O2/c1-6-7-19-12-10(14)11(17-13(2,3)4)15-9(16-12)8-18-5/h6-8,14H2,1-5H3,(H,15,16,17). The van der Waals surface area contributed by atoms with Crippen LogP contribution in [0.15, 0.2) is 0 Å². The van der Waals surface area contributed by atoms with Gasteiger partial charge in [0.1, 0.15) is 12.3 Å². The fourth-order valence-electron chi connectivity index (χ4n) is 1.45. The highest BCUT2D eigenvalue weighted by atomic mass is 16.5. The zero-order valence-corrected chi connectivity index (χ0v) is 12.4. The molecule has 108 valence electrons. The van der Waals surface area contributed by atoms with Crippen LogP contribution in [-0.2, 0) is 11.3 Å². The Morgan fingerprint density at radius 1 is 1.26 bits per heavy atom. The number of hydrogen-bond acceptors (Lipinski definition) is 6. The monoisotopic (exact) mass is 268 g/mol. The summed E-state index contributed by atoms with van der Waals surface area (Å²) in [5.41, 5.74) is 6.33. The van der Waals surface area contributed by atoms with Gasteiger partial charge >= 0.3 is 0 Å². The van der Waals surface area contributed by atoms with Crippen molar-refractivity contribution in [1.82, 2.24) is 9.97 Å². The third-order valence-corrected chi connectivity index (χ3v) is 2.17. The number of nitrogen functional groups attached to an aromatic ring is 1. The minimum atomic E-state index is -0.144. The first-order valence-electron chi connectivity index (χ1n) is 6.43. The molecule has 0 amide bonds. The van der Waals surface area contributed by atoms with Crippen LogP contribution in [0.4, 0.5) is 11.5 Å². The quantitative estimate of drug-likeness (QED) is 0.823. The van der Waals surface area contributed by atoms with E-state index in [2.05, 4.69) is 15.3 Å². The van der Waals surface area contributed by atoms with Gasteiger partial charge in [-0.15, -0.1) is 0 Å². The number of nitrogens with zero attached hydrogens (tertiary/aromatic N) is 2. The maximum Gasteiger partial charge on any atom is 0.242 e. The lowest BCUT2D eigenvalue weighted by Gasteiger charge is -2.23. The van der Waals surface area contributed by atoms with E-state index in [-0.39, 0.29) is 5.54 Å². The number of hydrogen-bond donors (Lipinski definition) is 2. The zero-order valence-electron chi connectivity index (χ0n) is 12.4. The van der Waals surface area contributed by atoms with Gasteiger partial charge in [-0.1, -0.05) is 6.92 Å². The van der Waals surface area contributed by atoms with Crippen LogP contribution in [0.3, 0.4) is 0 Å². The number of rotatable bonds is 6. The molecule has 1 aromatic heterocycles. The molecule has 0 fully saturated rings. The number of nitrogens with one attached hydrogen (secondary N) is 1. The molecule has 1 heterocycles. The fraction of sp³-hybridized carbons (Fsp3) is 0.692. The number of aromatic nitrogens is 2. The van der Waals surface area contributed by atoms with Crippen LogP contribution in [0.2, 0.25) is 0 Å². The summed E-state index contributed by atoms with van der Waals surface area (Å²) in [6.07, 6.45) is 0.894. The molecule has 1 aromatic rings. The summed E-state index contributed by atoms with van der Waals surface area (Å²) in [6.45, 7) is 9.04. The molecule has 0 radical (unpaired) electrons. The summed E-state index contributed by atoms with van der Waals surface area (Å²) >= 11 is 0. The van der Waals surface area contributed by atoms with E-state index in [1.165, 1.54) is 0 Å². The molecule has 0 bridgehead atoms. The average Bonchev–Trinajstić information content (AvgIpc) is 2.30. The Labute approximate surface area is 114 Å². The highest BCUT2D eigenvalue weighted by Crippen LogP contribution is 2.28. The fourth-order valence-corrected chi connectivity index (χ4v) is 1.45. The van der Waals surface area contributed by atoms with Crippen molar-refractivity contribution in [2.24, 2.45) is 0 Å². The molecule has 0 aliphatic heterocycles. The Morgan fingerprint density at radius 3 is 2.47 bits per heavy atom. The van der Waals surface area contributed by atoms with Gasteiger partial charge in [-0.3, -0.25) is 0 Å². The second-order valence-electron chi connectivity index (χ2n) is 5.36. The Hall–Kier alpha value is -1.56. The second-order valence-corrected chi connectivity index (χ2v) is 5.36. The topological polar surface area (TPSA) is 82.3 Å². The molecule has 0 unspecified atom stereocenters. The van der Waals surface area contributed by atoms with Gasteiger partial charge in [0.15, 0.2) is 11.6 Å². The van der Waals surface area contributed by atoms with Gasteiger partial charge in [-0.2, -0.15) is 4.98 Å². The summed E-state index contributed by atoms with van der Waals surface area (Å²) < 4.78 is 10.6. The molecule has 3 N–H and O–H groups in total. The van der Waals surface area contributed by atoms with Gasteiger partial charge in [-0.25, -0.2) is 4.98 Å². The summed E-state index contributed by atoms with van der Waals surface area (Å²) in [6, 6.07) is 0. The Morgan fingerprint density at radius 2 is 1.95 bits per heavy atom. The predicted molar refractivity (Wildman–Crippen MR) is 76.3 cm³/mol. The third kappa shape index (κ3) is 4.90. The molecule has 19 heavy (non-hydrogen) atoms. The van der Waals surface area contributed by atoms with Crippen LogP contribution in [0.5, 0.6) is 5.88 Å². The highest BCUT2D eigenvalue weighted by Gasteiger charge is 2.17. The maximum absolute atomic E-state index is 6.04. The molecule has 0 aliphatic carbocycles. The largest absolute Gasteiger partial charge is 0.476 e. The second kappa shape index (κ2) is 6.56. The molecule has 0 saturated carbocycles. The van der Waals surface area contributed by atoms with Gasteiger partial charge in [-0.05, 0) is 27.2 Å². The van der Waals surface area contributed by atoms with E-state index in [4.69, 9.17) is 15.2 Å². The van der Waals surface area contributed by atoms with E-state index >= 15 is 0 Å². The van der Waals surface area contributed by atoms with Crippen molar-refractivity contribution in [3.8, 4) is 5.88 Å². The maximum atomic E-state index is 6.04. The molecule has 0 spiro atoms. The van der Waals surface area contributed by atoms with Crippen molar-refractivity contribution in [3.63, 3.8) is 0 Å². The Kier molecular flexibility index (Phi) is 5.35. The Bertz CT molecular complexity index is 416. The molecular weight excluding hydrogens is 244 g/mol. The molecule has 0 saturated heterocycles. The van der Waals surface area contributed by atoms with Crippen molar-refractivity contribution >= 4 is 11.5 Å². The third-order valence-electron chi connectivity index (χ3n) is 2.17. The van der Waals surface area contributed by atoms with Crippen molar-refractivity contribution in [2.45, 2.75) is 46.3 Å². The minimum Gasteiger partial charge on any atom is -0.476 e. The van der Waals surface area contributed by atoms with Crippen molar-refractivity contribution in [3.05, 3.63) is 5.82 Å². The highest BCUT2D eigenvalue weighted by molar-refractivity contribution is 5.67. The van der Waals surface area contributed by atoms with Crippen LogP contribution in [0.1, 0.15) is 39.9 Å². The number of methoxy groups -OCH3 is 1. The van der Waals surface area contributed by atoms with Gasteiger partial charge in [0.05, 0.1) is 6.61 Å². The summed E-state index contributed by atoms with van der Waals surface area (Å²) in [7, 11) is 1.60. The van der Waals surface area contributed by atoms with Gasteiger partial charge in [0.2, 0.25) is 5.88 Å². The van der Waals surface area contributed by atoms with Crippen molar-refractivity contribution < 1.29 is 9.47 Å². The lowest BCUT2D eigenvalue weighted by atomic mass is 10.1. The average molecular weight is 268 g/mol. The molecule has 0 atom stereocenters. The van der Waals surface area contributed by atoms with E-state index in [0.717, 1.165) is 6.42 Å². The molecule has 1 rings (SSSR count). The Balaban J connectivity index is 3.09. The van der Waals surface area contributed by atoms with Crippen molar-refractivity contribution in [2.75, 3.05) is 24.8 Å². The summed E-state index contributed by atoms with van der Waals surface area (Å²) in [5, 5.41) is 3.25. The van der Waals surface area contributed by atoms with Crippen LogP contribution in [-0.4, -0.2) is 29.2 Å². The molecule has 0 aromatic carbocycles. The molecule has 6 heteroatoms. The number of anilines is 2. The van der Waals surface area contributed by atoms with Gasteiger partial charge in [0, 0.05) is 12.6 Å². The van der Waals surface area contributed by atoms with Crippen LogP contribution >= 0.6 is 0 Å². The molecule has 0 aliphatic rings. The number of nitrogens with two attached hydrogens (primary N) is 1. The van der Waals surface area contributed by atoms with Gasteiger partial charge in [0.25, 0.3) is 0 Å². The SMILES string of the molecule is CCCOc1nc(COC)nc(NC(C)(C)C)c1N. The first-order chi connectivity index (χ1) is 8.87. The molecule has 6 nitrogen and oxygen atoms in total. The lowest BCUT2D eigenvalue weighted by Crippen LogP contribution is -2.28. The number of ether oxygens (including phenoxy) is 2. The predicted octanol–water partition coefficient (Wildman–Crippen LogP) is 2.20. The lowest BCUT2D eigenvalue weighted by molar-refractivity contribution is 0.176. The van der Waals surface area contributed by atoms with Crippen molar-refractivity contribution in [1.29, 1.82) is 0 Å². The van der Waals surface area contributed by atoms with Crippen LogP contribution in [0.25, 0.3) is 0 Å². The van der Waals surface area contributed by atoms with E-state index in [9.17, 15) is 0 Å². The minimum absolute atomic E-state index is 0.144. The summed E-state index contributed by atoms with van der Waals surface area (Å²) in [4.78, 5) is 8.63. The van der Waals surface area contributed by atoms with Crippen LogP contribution < -0.4 is 15.8 Å². The summed E-state index contributed by atoms with van der Waals surface area (Å²) in [5.74, 6) is 1.55. The first kappa shape index (κ1) is 15.5. The molecular formula is C13H24N4O2. The normalized spacial score (nSPS) is 11.4. The smallest absolute Gasteiger partial charge is 0.242 e. The van der Waals surface area contributed by atoms with E-state index in [1.54, 1.807) is 7.11 Å². The van der Waals surface area contributed by atoms with Crippen LogP contribution in [0, 0.1) is 0 Å². The van der Waals surface area contributed by atoms with E-state index in [0.29, 0.717) is 36.4 Å². The first-order valence-corrected chi connectivity index (χ1v) is 6.43. The van der Waals surface area contributed by atoms with E-state index in [1.807, 2.05) is 27.7 Å². The zero-order chi connectivity index (χ0) is 14.5. The van der Waals surface area contributed by atoms with Gasteiger partial charge < -0.3 is 20.5 Å².